The molecule has 1 unspecified atom stereocenters. The Morgan fingerprint density at radius 1 is 1.30 bits per heavy atom. The van der Waals surface area contributed by atoms with E-state index in [-0.39, 0.29) is 22.3 Å². The predicted molar refractivity (Wildman–Crippen MR) is 95.7 cm³/mol. The molecule has 1 saturated carbocycles. The molecule has 2 rings (SSSR count). The zero-order chi connectivity index (χ0) is 16.9. The summed E-state index contributed by atoms with van der Waals surface area (Å²) in [4.78, 5) is 13.3. The van der Waals surface area contributed by atoms with Gasteiger partial charge in [-0.3, -0.25) is 0 Å². The first kappa shape index (κ1) is 18.1. The minimum atomic E-state index is -0.355. The molecule has 128 valence electrons. The van der Waals surface area contributed by atoms with Gasteiger partial charge in [-0.2, -0.15) is 0 Å². The van der Waals surface area contributed by atoms with Gasteiger partial charge in [-0.15, -0.1) is 11.8 Å². The van der Waals surface area contributed by atoms with Crippen molar-refractivity contribution in [3.05, 3.63) is 30.3 Å². The molecule has 3 N–H and O–H groups in total. The monoisotopic (exact) mass is 336 g/mol. The highest BCUT2D eigenvalue weighted by Crippen LogP contribution is 2.51. The second-order valence-corrected chi connectivity index (χ2v) is 8.89. The largest absolute Gasteiger partial charge is 0.393 e. The molecule has 0 spiro atoms. The van der Waals surface area contributed by atoms with E-state index in [2.05, 4.69) is 22.8 Å². The zero-order valence-electron chi connectivity index (χ0n) is 14.3. The van der Waals surface area contributed by atoms with Crippen molar-refractivity contribution >= 4 is 17.8 Å². The molecule has 0 radical (unpaired) electrons. The number of aliphatic hydroxyl groups is 1. The van der Waals surface area contributed by atoms with Gasteiger partial charge in [0.05, 0.1) is 6.10 Å². The second-order valence-electron chi connectivity index (χ2n) is 7.35. The quantitative estimate of drug-likeness (QED) is 0.682. The first-order valence-corrected chi connectivity index (χ1v) is 9.06. The fourth-order valence-corrected chi connectivity index (χ4v) is 3.93. The first-order valence-electron chi connectivity index (χ1n) is 8.24. The van der Waals surface area contributed by atoms with E-state index < -0.39 is 0 Å². The van der Waals surface area contributed by atoms with Crippen molar-refractivity contribution in [2.45, 2.75) is 55.8 Å². The topological polar surface area (TPSA) is 61.4 Å². The average molecular weight is 337 g/mol. The smallest absolute Gasteiger partial charge is 0.314 e. The van der Waals surface area contributed by atoms with Gasteiger partial charge >= 0.3 is 6.03 Å². The Hall–Kier alpha value is -1.20. The van der Waals surface area contributed by atoms with Crippen LogP contribution in [0.4, 0.5) is 4.79 Å². The fourth-order valence-electron chi connectivity index (χ4n) is 2.69. The lowest BCUT2D eigenvalue weighted by atomic mass is 9.87. The number of carbonyl (C=O) groups excluding carboxylic acids is 1. The van der Waals surface area contributed by atoms with Gasteiger partial charge in [0.2, 0.25) is 0 Å². The highest BCUT2D eigenvalue weighted by molar-refractivity contribution is 8.01. The first-order chi connectivity index (χ1) is 10.8. The number of hydrogen-bond acceptors (Lipinski definition) is 3. The van der Waals surface area contributed by atoms with Gasteiger partial charge in [0, 0.05) is 22.7 Å². The normalized spacial score (nSPS) is 17.4. The molecule has 0 saturated heterocycles. The van der Waals surface area contributed by atoms with Crippen LogP contribution in [0.3, 0.4) is 0 Å². The summed E-state index contributed by atoms with van der Waals surface area (Å²) in [5, 5.41) is 15.4. The Morgan fingerprint density at radius 3 is 2.52 bits per heavy atom. The molecule has 1 atom stereocenters. The standard InChI is InChI=1S/C18H28N2O2S/c1-14(21)11-17(2,3)12-19-16(22)20-13-18(9-10-18)23-15-7-5-4-6-8-15/h4-8,14,21H,9-13H2,1-3H3,(H2,19,20,22). The van der Waals surface area contributed by atoms with Gasteiger partial charge < -0.3 is 15.7 Å². The number of benzene rings is 1. The van der Waals surface area contributed by atoms with Gasteiger partial charge in [0.25, 0.3) is 0 Å². The van der Waals surface area contributed by atoms with Crippen LogP contribution >= 0.6 is 11.8 Å². The van der Waals surface area contributed by atoms with Crippen molar-refractivity contribution in [1.29, 1.82) is 0 Å². The van der Waals surface area contributed by atoms with E-state index in [1.165, 1.54) is 4.90 Å². The molecule has 2 amide bonds. The van der Waals surface area contributed by atoms with Crippen LogP contribution in [0.15, 0.2) is 35.2 Å². The van der Waals surface area contributed by atoms with Gasteiger partial charge in [-0.05, 0) is 43.7 Å². The lowest BCUT2D eigenvalue weighted by Gasteiger charge is -2.26. The van der Waals surface area contributed by atoms with E-state index in [1.54, 1.807) is 6.92 Å². The molecule has 4 nitrogen and oxygen atoms in total. The molecular weight excluding hydrogens is 308 g/mol. The number of urea groups is 1. The summed E-state index contributed by atoms with van der Waals surface area (Å²) in [6, 6.07) is 10.2. The second kappa shape index (κ2) is 7.58. The fraction of sp³-hybridized carbons (Fsp3) is 0.611. The van der Waals surface area contributed by atoms with Gasteiger partial charge in [-0.1, -0.05) is 32.0 Å². The molecular formula is C18H28N2O2S. The van der Waals surface area contributed by atoms with E-state index in [0.29, 0.717) is 19.5 Å². The summed E-state index contributed by atoms with van der Waals surface area (Å²) in [7, 11) is 0. The molecule has 0 aromatic heterocycles. The van der Waals surface area contributed by atoms with E-state index in [9.17, 15) is 9.90 Å². The summed E-state index contributed by atoms with van der Waals surface area (Å²) in [5.41, 5.74) is -0.110. The number of nitrogens with one attached hydrogen (secondary N) is 2. The van der Waals surface area contributed by atoms with Gasteiger partial charge in [-0.25, -0.2) is 4.79 Å². The number of thioether (sulfide) groups is 1. The summed E-state index contributed by atoms with van der Waals surface area (Å²) in [6.07, 6.45) is 2.59. The van der Waals surface area contributed by atoms with Crippen molar-refractivity contribution in [2.24, 2.45) is 5.41 Å². The Kier molecular flexibility index (Phi) is 5.98. The highest BCUT2D eigenvalue weighted by Gasteiger charge is 2.43. The van der Waals surface area contributed by atoms with Crippen LogP contribution in [0.1, 0.15) is 40.0 Å². The molecule has 1 aliphatic carbocycles. The number of carbonyl (C=O) groups is 1. The molecule has 0 bridgehead atoms. The molecule has 1 aromatic rings. The predicted octanol–water partition coefficient (Wildman–Crippen LogP) is 3.41. The summed E-state index contributed by atoms with van der Waals surface area (Å²) < 4.78 is 0.161. The molecule has 1 aliphatic rings. The lowest BCUT2D eigenvalue weighted by Crippen LogP contribution is -2.43. The van der Waals surface area contributed by atoms with Crippen molar-refractivity contribution in [1.82, 2.24) is 10.6 Å². The maximum Gasteiger partial charge on any atom is 0.314 e. The Morgan fingerprint density at radius 2 is 1.96 bits per heavy atom. The van der Waals surface area contributed by atoms with Gasteiger partial charge in [0.15, 0.2) is 0 Å². The Bertz CT molecular complexity index is 513. The number of hydrogen-bond donors (Lipinski definition) is 3. The summed E-state index contributed by atoms with van der Waals surface area (Å²) in [6.45, 7) is 7.12. The van der Waals surface area contributed by atoms with Crippen molar-refractivity contribution < 1.29 is 9.90 Å². The molecule has 5 heteroatoms. The summed E-state index contributed by atoms with van der Waals surface area (Å²) in [5.74, 6) is 0. The number of rotatable bonds is 8. The minimum Gasteiger partial charge on any atom is -0.393 e. The van der Waals surface area contributed by atoms with Crippen molar-refractivity contribution in [3.8, 4) is 0 Å². The van der Waals surface area contributed by atoms with Crippen molar-refractivity contribution in [2.75, 3.05) is 13.1 Å². The maximum atomic E-state index is 12.0. The van der Waals surface area contributed by atoms with Gasteiger partial charge in [0.1, 0.15) is 0 Å². The molecule has 1 aromatic carbocycles. The van der Waals surface area contributed by atoms with Crippen LogP contribution in [0.5, 0.6) is 0 Å². The Labute approximate surface area is 143 Å². The minimum absolute atomic E-state index is 0.110. The van der Waals surface area contributed by atoms with Crippen LogP contribution < -0.4 is 10.6 Å². The van der Waals surface area contributed by atoms with Crippen molar-refractivity contribution in [3.63, 3.8) is 0 Å². The molecule has 23 heavy (non-hydrogen) atoms. The van der Waals surface area contributed by atoms with Crippen LogP contribution in [-0.2, 0) is 0 Å². The zero-order valence-corrected chi connectivity index (χ0v) is 15.1. The van der Waals surface area contributed by atoms with Crippen LogP contribution in [0, 0.1) is 5.41 Å². The molecule has 0 aliphatic heterocycles. The third kappa shape index (κ3) is 6.43. The Balaban J connectivity index is 1.72. The lowest BCUT2D eigenvalue weighted by molar-refractivity contribution is 0.129. The average Bonchev–Trinajstić information content (AvgIpc) is 3.23. The third-order valence-corrected chi connectivity index (χ3v) is 5.53. The summed E-state index contributed by atoms with van der Waals surface area (Å²) >= 11 is 1.86. The maximum absolute atomic E-state index is 12.0. The number of aliphatic hydroxyl groups excluding tert-OH is 1. The highest BCUT2D eigenvalue weighted by atomic mass is 32.2. The van der Waals surface area contributed by atoms with E-state index >= 15 is 0 Å². The SMILES string of the molecule is CC(O)CC(C)(C)CNC(=O)NCC1(Sc2ccccc2)CC1. The molecule has 1 fully saturated rings. The van der Waals surface area contributed by atoms with E-state index in [1.807, 2.05) is 43.8 Å². The van der Waals surface area contributed by atoms with Crippen LogP contribution in [0.25, 0.3) is 0 Å². The molecule has 0 heterocycles. The van der Waals surface area contributed by atoms with E-state index in [0.717, 1.165) is 12.8 Å². The third-order valence-electron chi connectivity index (χ3n) is 4.03. The van der Waals surface area contributed by atoms with E-state index in [4.69, 9.17) is 0 Å². The van der Waals surface area contributed by atoms with Crippen LogP contribution in [-0.4, -0.2) is 35.1 Å². The number of amides is 2. The van der Waals surface area contributed by atoms with Crippen LogP contribution in [0.2, 0.25) is 0 Å².